The molecule has 0 aliphatic rings. The van der Waals surface area contributed by atoms with E-state index in [1.807, 2.05) is 26.8 Å². The molecule has 0 amide bonds. The predicted molar refractivity (Wildman–Crippen MR) is 70.6 cm³/mol. The van der Waals surface area contributed by atoms with Crippen LogP contribution in [0.4, 0.5) is 13.2 Å². The zero-order valence-electron chi connectivity index (χ0n) is 11.1. The molecule has 3 heteroatoms. The second-order valence-electron chi connectivity index (χ2n) is 4.94. The summed E-state index contributed by atoms with van der Waals surface area (Å²) in [6.45, 7) is 5.83. The third-order valence-corrected chi connectivity index (χ3v) is 3.18. The van der Waals surface area contributed by atoms with E-state index < -0.39 is 17.5 Å². The summed E-state index contributed by atoms with van der Waals surface area (Å²) in [5.41, 5.74) is 2.18. The van der Waals surface area contributed by atoms with E-state index in [-0.39, 0.29) is 11.5 Å². The van der Waals surface area contributed by atoms with Crippen molar-refractivity contribution in [3.8, 4) is 11.1 Å². The second-order valence-corrected chi connectivity index (χ2v) is 4.94. The first-order valence-electron chi connectivity index (χ1n) is 6.16. The summed E-state index contributed by atoms with van der Waals surface area (Å²) in [7, 11) is 0. The molecule has 0 bridgehead atoms. The van der Waals surface area contributed by atoms with Crippen LogP contribution in [-0.2, 0) is 0 Å². The fourth-order valence-corrected chi connectivity index (χ4v) is 2.46. The van der Waals surface area contributed by atoms with Gasteiger partial charge in [0.25, 0.3) is 0 Å². The first-order chi connectivity index (χ1) is 8.91. The van der Waals surface area contributed by atoms with E-state index in [1.54, 1.807) is 12.1 Å². The molecule has 0 radical (unpaired) electrons. The third-order valence-electron chi connectivity index (χ3n) is 3.18. The van der Waals surface area contributed by atoms with Crippen molar-refractivity contribution in [3.05, 3.63) is 58.9 Å². The van der Waals surface area contributed by atoms with Gasteiger partial charge >= 0.3 is 0 Å². The summed E-state index contributed by atoms with van der Waals surface area (Å²) in [5, 5.41) is 0. The third kappa shape index (κ3) is 2.50. The summed E-state index contributed by atoms with van der Waals surface area (Å²) >= 11 is 0. The zero-order chi connectivity index (χ0) is 14.2. The van der Waals surface area contributed by atoms with Crippen LogP contribution < -0.4 is 0 Å². The maximum atomic E-state index is 13.9. The molecule has 0 fully saturated rings. The normalized spacial score (nSPS) is 11.1. The Bertz CT molecular complexity index is 592. The summed E-state index contributed by atoms with van der Waals surface area (Å²) in [6.07, 6.45) is 0. The number of hydrogen-bond acceptors (Lipinski definition) is 0. The van der Waals surface area contributed by atoms with Crippen LogP contribution in [0.2, 0.25) is 0 Å². The van der Waals surface area contributed by atoms with E-state index in [1.165, 1.54) is 0 Å². The molecule has 0 aromatic heterocycles. The number of hydrogen-bond donors (Lipinski definition) is 0. The lowest BCUT2D eigenvalue weighted by Crippen LogP contribution is -2.00. The smallest absolute Gasteiger partial charge is 0.136 e. The quantitative estimate of drug-likeness (QED) is 0.699. The molecule has 0 saturated carbocycles. The van der Waals surface area contributed by atoms with E-state index >= 15 is 0 Å². The van der Waals surface area contributed by atoms with Crippen LogP contribution in [0.5, 0.6) is 0 Å². The van der Waals surface area contributed by atoms with E-state index in [0.717, 1.165) is 11.1 Å². The summed E-state index contributed by atoms with van der Waals surface area (Å²) in [4.78, 5) is 0. The molecule has 0 nitrogen and oxygen atoms in total. The van der Waals surface area contributed by atoms with Crippen molar-refractivity contribution >= 4 is 0 Å². The minimum absolute atomic E-state index is 0.125. The Morgan fingerprint density at radius 3 is 2.05 bits per heavy atom. The molecular formula is C16H15F3. The van der Waals surface area contributed by atoms with Crippen LogP contribution in [0.1, 0.15) is 30.9 Å². The Labute approximate surface area is 110 Å². The molecule has 0 heterocycles. The molecule has 0 atom stereocenters. The Balaban J connectivity index is 2.76. The van der Waals surface area contributed by atoms with Crippen LogP contribution in [0.25, 0.3) is 11.1 Å². The van der Waals surface area contributed by atoms with Gasteiger partial charge in [-0.05, 0) is 29.5 Å². The van der Waals surface area contributed by atoms with Crippen molar-refractivity contribution in [2.75, 3.05) is 0 Å². The lowest BCUT2D eigenvalue weighted by molar-refractivity contribution is 0.547. The van der Waals surface area contributed by atoms with Gasteiger partial charge in [0, 0.05) is 12.1 Å². The van der Waals surface area contributed by atoms with Gasteiger partial charge in [-0.2, -0.15) is 0 Å². The van der Waals surface area contributed by atoms with Gasteiger partial charge in [-0.3, -0.25) is 0 Å². The molecule has 2 aromatic rings. The highest BCUT2D eigenvalue weighted by molar-refractivity contribution is 5.70. The Kier molecular flexibility index (Phi) is 3.65. The van der Waals surface area contributed by atoms with Gasteiger partial charge in [0.2, 0.25) is 0 Å². The standard InChI is InChI=1S/C16H15F3/c1-9(2)15-10(3)5-4-6-12(15)16-13(18)7-11(17)8-14(16)19/h4-9H,1-3H3. The molecule has 100 valence electrons. The molecule has 0 saturated heterocycles. The highest BCUT2D eigenvalue weighted by Crippen LogP contribution is 2.35. The molecule has 2 aromatic carbocycles. The van der Waals surface area contributed by atoms with Crippen molar-refractivity contribution in [2.24, 2.45) is 0 Å². The first-order valence-corrected chi connectivity index (χ1v) is 6.16. The molecular weight excluding hydrogens is 249 g/mol. The van der Waals surface area contributed by atoms with Gasteiger partial charge < -0.3 is 0 Å². The van der Waals surface area contributed by atoms with E-state index in [2.05, 4.69) is 0 Å². The van der Waals surface area contributed by atoms with Crippen LogP contribution in [0.15, 0.2) is 30.3 Å². The minimum Gasteiger partial charge on any atom is -0.207 e. The van der Waals surface area contributed by atoms with Gasteiger partial charge in [0.05, 0.1) is 5.56 Å². The topological polar surface area (TPSA) is 0 Å². The number of benzene rings is 2. The Morgan fingerprint density at radius 2 is 1.53 bits per heavy atom. The Hall–Kier alpha value is -1.77. The minimum atomic E-state index is -0.905. The lowest BCUT2D eigenvalue weighted by atomic mass is 9.88. The molecule has 19 heavy (non-hydrogen) atoms. The number of rotatable bonds is 2. The summed E-state index contributed by atoms with van der Waals surface area (Å²) < 4.78 is 40.8. The monoisotopic (exact) mass is 264 g/mol. The van der Waals surface area contributed by atoms with Crippen molar-refractivity contribution in [1.29, 1.82) is 0 Å². The van der Waals surface area contributed by atoms with Crippen LogP contribution in [0.3, 0.4) is 0 Å². The molecule has 2 rings (SSSR count). The molecule has 0 spiro atoms. The van der Waals surface area contributed by atoms with E-state index in [4.69, 9.17) is 0 Å². The molecule has 0 unspecified atom stereocenters. The Morgan fingerprint density at radius 1 is 0.947 bits per heavy atom. The lowest BCUT2D eigenvalue weighted by Gasteiger charge is -2.17. The molecule has 0 aliphatic heterocycles. The maximum Gasteiger partial charge on any atom is 0.136 e. The average molecular weight is 264 g/mol. The fourth-order valence-electron chi connectivity index (χ4n) is 2.46. The van der Waals surface area contributed by atoms with Gasteiger partial charge in [-0.25, -0.2) is 13.2 Å². The van der Waals surface area contributed by atoms with Crippen molar-refractivity contribution < 1.29 is 13.2 Å². The van der Waals surface area contributed by atoms with Crippen LogP contribution in [-0.4, -0.2) is 0 Å². The van der Waals surface area contributed by atoms with Gasteiger partial charge in [-0.15, -0.1) is 0 Å². The zero-order valence-corrected chi connectivity index (χ0v) is 11.1. The largest absolute Gasteiger partial charge is 0.207 e. The van der Waals surface area contributed by atoms with Crippen molar-refractivity contribution in [2.45, 2.75) is 26.7 Å². The van der Waals surface area contributed by atoms with E-state index in [0.29, 0.717) is 17.7 Å². The number of aryl methyl sites for hydroxylation is 1. The van der Waals surface area contributed by atoms with Crippen LogP contribution >= 0.6 is 0 Å². The second kappa shape index (κ2) is 5.08. The van der Waals surface area contributed by atoms with Gasteiger partial charge in [0.15, 0.2) is 0 Å². The average Bonchev–Trinajstić information content (AvgIpc) is 2.26. The van der Waals surface area contributed by atoms with Crippen LogP contribution in [0, 0.1) is 24.4 Å². The molecule has 0 aliphatic carbocycles. The molecule has 0 N–H and O–H groups in total. The van der Waals surface area contributed by atoms with Crippen molar-refractivity contribution in [1.82, 2.24) is 0 Å². The van der Waals surface area contributed by atoms with Crippen molar-refractivity contribution in [3.63, 3.8) is 0 Å². The van der Waals surface area contributed by atoms with Gasteiger partial charge in [-0.1, -0.05) is 32.0 Å². The highest BCUT2D eigenvalue weighted by Gasteiger charge is 2.18. The highest BCUT2D eigenvalue weighted by atomic mass is 19.1. The maximum absolute atomic E-state index is 13.9. The first kappa shape index (κ1) is 13.7. The predicted octanol–water partition coefficient (Wildman–Crippen LogP) is 5.20. The number of halogens is 3. The van der Waals surface area contributed by atoms with E-state index in [9.17, 15) is 13.2 Å². The fraction of sp³-hybridized carbons (Fsp3) is 0.250. The summed E-state index contributed by atoms with van der Waals surface area (Å²) in [6, 6.07) is 6.74. The SMILES string of the molecule is Cc1cccc(-c2c(F)cc(F)cc2F)c1C(C)C. The van der Waals surface area contributed by atoms with Gasteiger partial charge in [0.1, 0.15) is 17.5 Å². The summed E-state index contributed by atoms with van der Waals surface area (Å²) in [5.74, 6) is -2.52.